The van der Waals surface area contributed by atoms with Crippen molar-refractivity contribution in [1.82, 2.24) is 0 Å². The van der Waals surface area contributed by atoms with E-state index in [1.807, 2.05) is 30.3 Å². The minimum atomic E-state index is -0.447. The first kappa shape index (κ1) is 14.1. The zero-order valence-corrected chi connectivity index (χ0v) is 12.5. The normalized spacial score (nSPS) is 17.6. The van der Waals surface area contributed by atoms with Crippen LogP contribution in [0.5, 0.6) is 0 Å². The predicted octanol–water partition coefficient (Wildman–Crippen LogP) is 4.48. The van der Waals surface area contributed by atoms with Crippen LogP contribution < -0.4 is 0 Å². The van der Waals surface area contributed by atoms with Gasteiger partial charge in [-0.25, -0.2) is 0 Å². The number of halogens is 1. The number of nitrogens with zero attached hydrogens (tertiary/aromatic N) is 2. The molecule has 106 valence electrons. The van der Waals surface area contributed by atoms with Crippen LogP contribution in [0.1, 0.15) is 17.2 Å². The number of hydrogen-bond donors (Lipinski definition) is 0. The Hall–Kier alpha value is -1.85. The topological polar surface area (TPSA) is 55.5 Å². The van der Waals surface area contributed by atoms with Gasteiger partial charge < -0.3 is 0 Å². The van der Waals surface area contributed by atoms with Gasteiger partial charge in [-0.2, -0.15) is 0 Å². The molecule has 0 spiro atoms. The summed E-state index contributed by atoms with van der Waals surface area (Å²) in [6, 6.07) is 14.5. The van der Waals surface area contributed by atoms with Gasteiger partial charge in [0.05, 0.1) is 21.0 Å². The predicted molar refractivity (Wildman–Crippen MR) is 86.3 cm³/mol. The molecule has 0 amide bonds. The minimum Gasteiger partial charge on any atom is -0.269 e. The lowest BCUT2D eigenvalue weighted by Crippen LogP contribution is -1.97. The molecule has 0 aliphatic carbocycles. The zero-order valence-electron chi connectivity index (χ0n) is 10.9. The van der Waals surface area contributed by atoms with Crippen molar-refractivity contribution in [1.29, 1.82) is 0 Å². The van der Waals surface area contributed by atoms with Gasteiger partial charge in [-0.15, -0.1) is 11.8 Å². The van der Waals surface area contributed by atoms with Crippen molar-refractivity contribution in [2.45, 2.75) is 6.04 Å². The van der Waals surface area contributed by atoms with Crippen molar-refractivity contribution in [3.8, 4) is 0 Å². The molecule has 0 saturated heterocycles. The fourth-order valence-corrected chi connectivity index (χ4v) is 3.55. The largest absolute Gasteiger partial charge is 0.270 e. The van der Waals surface area contributed by atoms with Crippen LogP contribution in [0.3, 0.4) is 0 Å². The van der Waals surface area contributed by atoms with Crippen LogP contribution in [-0.2, 0) is 0 Å². The molecule has 0 radical (unpaired) electrons. The molecule has 1 aliphatic rings. The van der Waals surface area contributed by atoms with Crippen molar-refractivity contribution < 1.29 is 4.92 Å². The summed E-state index contributed by atoms with van der Waals surface area (Å²) in [5.41, 5.74) is 1.92. The molecule has 6 heteroatoms. The summed E-state index contributed by atoms with van der Waals surface area (Å²) in [6.07, 6.45) is 0. The maximum absolute atomic E-state index is 10.7. The number of nitro benzene ring substituents is 1. The molecule has 3 rings (SSSR count). The maximum atomic E-state index is 10.7. The highest BCUT2D eigenvalue weighted by atomic mass is 35.5. The second-order valence-corrected chi connectivity index (χ2v) is 6.01. The summed E-state index contributed by atoms with van der Waals surface area (Å²) >= 11 is 7.84. The summed E-state index contributed by atoms with van der Waals surface area (Å²) in [7, 11) is 0. The quantitative estimate of drug-likeness (QED) is 0.619. The second kappa shape index (κ2) is 5.87. The summed E-state index contributed by atoms with van der Waals surface area (Å²) in [6.45, 7) is 0. The molecule has 1 atom stereocenters. The number of thioether (sulfide) groups is 1. The Bertz CT molecular complexity index is 719. The molecule has 0 N–H and O–H groups in total. The minimum absolute atomic E-state index is 0.00154. The van der Waals surface area contributed by atoms with Gasteiger partial charge in [-0.3, -0.25) is 15.1 Å². The zero-order chi connectivity index (χ0) is 14.8. The van der Waals surface area contributed by atoms with Crippen LogP contribution >= 0.6 is 23.4 Å². The van der Waals surface area contributed by atoms with E-state index in [1.165, 1.54) is 12.1 Å². The van der Waals surface area contributed by atoms with E-state index >= 15 is 0 Å². The lowest BCUT2D eigenvalue weighted by molar-refractivity contribution is -0.384. The Labute approximate surface area is 131 Å². The SMILES string of the molecule is O=[N+]([O-])c1ccc(C2CSC(c3ccccc3)=N2)c(Cl)c1. The van der Waals surface area contributed by atoms with Crippen LogP contribution in [0.4, 0.5) is 5.69 Å². The van der Waals surface area contributed by atoms with Gasteiger partial charge in [0.15, 0.2) is 0 Å². The summed E-state index contributed by atoms with van der Waals surface area (Å²) < 4.78 is 0. The summed E-state index contributed by atoms with van der Waals surface area (Å²) in [4.78, 5) is 15.0. The van der Waals surface area contributed by atoms with Gasteiger partial charge >= 0.3 is 0 Å². The van der Waals surface area contributed by atoms with Crippen LogP contribution in [-0.4, -0.2) is 15.7 Å². The fourth-order valence-electron chi connectivity index (χ4n) is 2.17. The highest BCUT2D eigenvalue weighted by Gasteiger charge is 2.23. The van der Waals surface area contributed by atoms with E-state index in [-0.39, 0.29) is 11.7 Å². The Morgan fingerprint density at radius 2 is 2.00 bits per heavy atom. The molecular weight excluding hydrogens is 308 g/mol. The average molecular weight is 319 g/mol. The second-order valence-electron chi connectivity index (χ2n) is 4.59. The molecule has 4 nitrogen and oxygen atoms in total. The van der Waals surface area contributed by atoms with Crippen LogP contribution in [0.2, 0.25) is 5.02 Å². The monoisotopic (exact) mass is 318 g/mol. The van der Waals surface area contributed by atoms with Crippen LogP contribution in [0.15, 0.2) is 53.5 Å². The molecule has 21 heavy (non-hydrogen) atoms. The number of aliphatic imine (C=N–C) groups is 1. The number of non-ortho nitro benzene ring substituents is 1. The molecule has 1 aliphatic heterocycles. The van der Waals surface area contributed by atoms with Crippen molar-refractivity contribution in [3.63, 3.8) is 0 Å². The van der Waals surface area contributed by atoms with E-state index in [1.54, 1.807) is 17.8 Å². The first-order chi connectivity index (χ1) is 10.1. The average Bonchev–Trinajstić information content (AvgIpc) is 2.97. The number of rotatable bonds is 3. The number of nitro groups is 1. The van der Waals surface area contributed by atoms with Crippen LogP contribution in [0.25, 0.3) is 0 Å². The van der Waals surface area contributed by atoms with Crippen molar-refractivity contribution in [3.05, 3.63) is 74.8 Å². The summed E-state index contributed by atoms with van der Waals surface area (Å²) in [5.74, 6) is 0.793. The van der Waals surface area contributed by atoms with Gasteiger partial charge in [-0.1, -0.05) is 41.9 Å². The lowest BCUT2D eigenvalue weighted by Gasteiger charge is -2.08. The van der Waals surface area contributed by atoms with Gasteiger partial charge in [0.25, 0.3) is 5.69 Å². The third-order valence-electron chi connectivity index (χ3n) is 3.23. The molecule has 2 aromatic rings. The molecule has 1 heterocycles. The van der Waals surface area contributed by atoms with E-state index in [0.717, 1.165) is 21.9 Å². The van der Waals surface area contributed by atoms with Gasteiger partial charge in [0.2, 0.25) is 0 Å². The number of hydrogen-bond acceptors (Lipinski definition) is 4. The third-order valence-corrected chi connectivity index (χ3v) is 4.65. The highest BCUT2D eigenvalue weighted by Crippen LogP contribution is 2.37. The molecule has 0 fully saturated rings. The third kappa shape index (κ3) is 2.94. The Kier molecular flexibility index (Phi) is 3.94. The highest BCUT2D eigenvalue weighted by molar-refractivity contribution is 8.14. The van der Waals surface area contributed by atoms with Crippen molar-refractivity contribution in [2.24, 2.45) is 4.99 Å². The molecule has 1 unspecified atom stereocenters. The molecule has 0 bridgehead atoms. The molecule has 2 aromatic carbocycles. The Morgan fingerprint density at radius 1 is 1.24 bits per heavy atom. The van der Waals surface area contributed by atoms with Gasteiger partial charge in [0.1, 0.15) is 0 Å². The first-order valence-corrected chi connectivity index (χ1v) is 7.71. The van der Waals surface area contributed by atoms with E-state index < -0.39 is 4.92 Å². The van der Waals surface area contributed by atoms with Gasteiger partial charge in [0, 0.05) is 23.4 Å². The smallest absolute Gasteiger partial charge is 0.269 e. The van der Waals surface area contributed by atoms with E-state index in [4.69, 9.17) is 11.6 Å². The molecular formula is C15H11ClN2O2S. The van der Waals surface area contributed by atoms with E-state index in [0.29, 0.717) is 5.02 Å². The van der Waals surface area contributed by atoms with Crippen molar-refractivity contribution in [2.75, 3.05) is 5.75 Å². The molecule has 0 saturated carbocycles. The first-order valence-electron chi connectivity index (χ1n) is 6.35. The molecule has 0 aromatic heterocycles. The maximum Gasteiger partial charge on any atom is 0.270 e. The number of benzene rings is 2. The summed E-state index contributed by atoms with van der Waals surface area (Å²) in [5, 5.41) is 12.1. The van der Waals surface area contributed by atoms with Gasteiger partial charge in [-0.05, 0) is 11.6 Å². The van der Waals surface area contributed by atoms with Crippen LogP contribution in [0, 0.1) is 10.1 Å². The van der Waals surface area contributed by atoms with E-state index in [9.17, 15) is 10.1 Å². The standard InChI is InChI=1S/C15H11ClN2O2S/c16-13-8-11(18(19)20)6-7-12(13)14-9-21-15(17-14)10-4-2-1-3-5-10/h1-8,14H,9H2. The van der Waals surface area contributed by atoms with Crippen molar-refractivity contribution >= 4 is 34.1 Å². The van der Waals surface area contributed by atoms with E-state index in [2.05, 4.69) is 4.99 Å². The fraction of sp³-hybridized carbons (Fsp3) is 0.133. The Balaban J connectivity index is 1.89. The lowest BCUT2D eigenvalue weighted by atomic mass is 10.1. The Morgan fingerprint density at radius 3 is 2.67 bits per heavy atom.